The Morgan fingerprint density at radius 1 is 0.853 bits per heavy atom. The van der Waals surface area contributed by atoms with Crippen LogP contribution in [0.4, 0.5) is 0 Å². The van der Waals surface area contributed by atoms with Crippen molar-refractivity contribution < 1.29 is 9.53 Å². The number of amides is 1. The molecule has 7 heteroatoms. The van der Waals surface area contributed by atoms with Crippen LogP contribution in [0.3, 0.4) is 0 Å². The van der Waals surface area contributed by atoms with E-state index in [-0.39, 0.29) is 12.2 Å². The molecule has 0 spiro atoms. The number of nitrogens with zero attached hydrogens (tertiary/aromatic N) is 2. The van der Waals surface area contributed by atoms with Crippen LogP contribution in [0.5, 0.6) is 0 Å². The molecule has 0 radical (unpaired) electrons. The number of hydrogen-bond donors (Lipinski definition) is 3. The Bertz CT molecular complexity index is 633. The van der Waals surface area contributed by atoms with Gasteiger partial charge in [-0.2, -0.15) is 0 Å². The van der Waals surface area contributed by atoms with Crippen LogP contribution in [0, 0.1) is 17.8 Å². The lowest BCUT2D eigenvalue weighted by atomic mass is 9.78. The van der Waals surface area contributed by atoms with Gasteiger partial charge >= 0.3 is 0 Å². The van der Waals surface area contributed by atoms with Gasteiger partial charge in [0.15, 0.2) is 0 Å². The fourth-order valence-electron chi connectivity index (χ4n) is 7.49. The molecule has 3 heterocycles. The van der Waals surface area contributed by atoms with E-state index in [0.29, 0.717) is 24.1 Å². The molecular formula is C27H49N5O2. The summed E-state index contributed by atoms with van der Waals surface area (Å²) in [6.07, 6.45) is 15.1. The first-order valence-corrected chi connectivity index (χ1v) is 14.5. The fourth-order valence-corrected chi connectivity index (χ4v) is 7.49. The third kappa shape index (κ3) is 6.15. The number of rotatable bonds is 7. The molecule has 194 valence electrons. The monoisotopic (exact) mass is 475 g/mol. The molecule has 0 aromatic rings. The number of likely N-dealkylation sites (tertiary alicyclic amines) is 2. The van der Waals surface area contributed by atoms with Crippen molar-refractivity contribution in [3.8, 4) is 0 Å². The summed E-state index contributed by atoms with van der Waals surface area (Å²) >= 11 is 0. The van der Waals surface area contributed by atoms with E-state index < -0.39 is 0 Å². The summed E-state index contributed by atoms with van der Waals surface area (Å²) in [5.41, 5.74) is 0. The van der Waals surface area contributed by atoms with Crippen molar-refractivity contribution in [2.24, 2.45) is 17.8 Å². The highest BCUT2D eigenvalue weighted by Gasteiger charge is 2.37. The second-order valence-corrected chi connectivity index (χ2v) is 11.8. The molecule has 3 N–H and O–H groups in total. The predicted molar refractivity (Wildman–Crippen MR) is 135 cm³/mol. The average molecular weight is 476 g/mol. The van der Waals surface area contributed by atoms with Crippen molar-refractivity contribution in [2.45, 2.75) is 102 Å². The molecule has 1 amide bonds. The highest BCUT2D eigenvalue weighted by Crippen LogP contribution is 2.32. The molecule has 0 unspecified atom stereocenters. The highest BCUT2D eigenvalue weighted by atomic mass is 16.5. The summed E-state index contributed by atoms with van der Waals surface area (Å²) in [6, 6.07) is 0.983. The van der Waals surface area contributed by atoms with E-state index in [9.17, 15) is 4.79 Å². The van der Waals surface area contributed by atoms with Crippen molar-refractivity contribution in [1.29, 1.82) is 0 Å². The molecule has 3 aliphatic heterocycles. The molecule has 2 saturated carbocycles. The molecule has 2 aliphatic carbocycles. The highest BCUT2D eigenvalue weighted by molar-refractivity contribution is 5.79. The largest absolute Gasteiger partial charge is 0.381 e. The molecule has 5 aliphatic rings. The summed E-state index contributed by atoms with van der Waals surface area (Å²) in [7, 11) is 1.85. The minimum absolute atomic E-state index is 0.215. The third-order valence-electron chi connectivity index (χ3n) is 9.69. The lowest BCUT2D eigenvalue weighted by Gasteiger charge is -2.41. The topological polar surface area (TPSA) is 68.9 Å². The summed E-state index contributed by atoms with van der Waals surface area (Å²) in [5, 5.41) is 11.3. The number of methoxy groups -OCH3 is 1. The normalized spacial score (nSPS) is 40.0. The van der Waals surface area contributed by atoms with Gasteiger partial charge in [-0.1, -0.05) is 0 Å². The maximum absolute atomic E-state index is 13.4. The van der Waals surface area contributed by atoms with Crippen LogP contribution in [-0.2, 0) is 9.53 Å². The van der Waals surface area contributed by atoms with Gasteiger partial charge < -0.3 is 14.5 Å². The van der Waals surface area contributed by atoms with Crippen LogP contribution in [0.2, 0.25) is 0 Å². The Labute approximate surface area is 207 Å². The Hall–Kier alpha value is -0.730. The predicted octanol–water partition coefficient (Wildman–Crippen LogP) is 2.52. The van der Waals surface area contributed by atoms with Crippen LogP contribution in [0.25, 0.3) is 0 Å². The number of carbonyl (C=O) groups is 1. The number of carbonyl (C=O) groups excluding carboxylic acids is 1. The molecule has 0 aromatic heterocycles. The molecule has 34 heavy (non-hydrogen) atoms. The van der Waals surface area contributed by atoms with E-state index in [0.717, 1.165) is 63.7 Å². The van der Waals surface area contributed by atoms with Gasteiger partial charge in [0.1, 0.15) is 6.29 Å². The smallest absolute Gasteiger partial charge is 0.225 e. The van der Waals surface area contributed by atoms with Crippen LogP contribution < -0.4 is 16.0 Å². The average Bonchev–Trinajstić information content (AvgIpc) is 3.57. The molecular weight excluding hydrogens is 426 g/mol. The summed E-state index contributed by atoms with van der Waals surface area (Å²) in [4.78, 5) is 18.2. The zero-order valence-corrected chi connectivity index (χ0v) is 21.5. The van der Waals surface area contributed by atoms with Gasteiger partial charge in [-0.15, -0.1) is 0 Å². The second kappa shape index (κ2) is 12.0. The van der Waals surface area contributed by atoms with Gasteiger partial charge in [-0.3, -0.25) is 20.7 Å². The summed E-state index contributed by atoms with van der Waals surface area (Å²) in [6.45, 7) is 6.76. The van der Waals surface area contributed by atoms with Crippen molar-refractivity contribution in [2.75, 3.05) is 46.4 Å². The molecule has 0 aromatic carbocycles. The van der Waals surface area contributed by atoms with Crippen molar-refractivity contribution in [3.63, 3.8) is 0 Å². The van der Waals surface area contributed by atoms with Gasteiger partial charge in [0.2, 0.25) is 5.91 Å². The van der Waals surface area contributed by atoms with E-state index in [2.05, 4.69) is 25.8 Å². The quantitative estimate of drug-likeness (QED) is 0.526. The minimum Gasteiger partial charge on any atom is -0.381 e. The minimum atomic E-state index is 0.215. The first-order chi connectivity index (χ1) is 16.7. The molecule has 5 rings (SSSR count). The van der Waals surface area contributed by atoms with Crippen LogP contribution in [-0.4, -0.2) is 86.6 Å². The Morgan fingerprint density at radius 2 is 1.56 bits per heavy atom. The van der Waals surface area contributed by atoms with E-state index in [1.807, 2.05) is 7.11 Å². The first kappa shape index (κ1) is 24.9. The maximum atomic E-state index is 13.4. The SMILES string of the molecule is COC1CCC(C2CNC(NC3CCC(C(=O)N4CCC[C@H]4CN4CCCC4)CC3)NC2)CC1. The second-order valence-electron chi connectivity index (χ2n) is 11.8. The lowest BCUT2D eigenvalue weighted by molar-refractivity contribution is -0.137. The number of ether oxygens (including phenoxy) is 1. The van der Waals surface area contributed by atoms with Gasteiger partial charge in [0.05, 0.1) is 6.10 Å². The lowest BCUT2D eigenvalue weighted by Crippen LogP contribution is -2.63. The van der Waals surface area contributed by atoms with Gasteiger partial charge in [0.25, 0.3) is 0 Å². The van der Waals surface area contributed by atoms with E-state index >= 15 is 0 Å². The molecule has 0 bridgehead atoms. The Balaban J connectivity index is 1.00. The van der Waals surface area contributed by atoms with Crippen molar-refractivity contribution >= 4 is 5.91 Å². The van der Waals surface area contributed by atoms with Gasteiger partial charge in [-0.25, -0.2) is 0 Å². The van der Waals surface area contributed by atoms with Crippen molar-refractivity contribution in [1.82, 2.24) is 25.8 Å². The standard InChI is InChI=1S/C27H49N5O2/c1-34-25-12-8-20(9-13-25)22-17-28-27(29-18-22)30-23-10-6-21(7-11-23)26(33)32-16-4-5-24(32)19-31-14-2-3-15-31/h20-25,27-30H,2-19H2,1H3/t20?,21?,22?,23?,24-,25?,27?/m0/s1. The fraction of sp³-hybridized carbons (Fsp3) is 0.963. The van der Waals surface area contributed by atoms with E-state index in [4.69, 9.17) is 4.74 Å². The Kier molecular flexibility index (Phi) is 8.81. The molecule has 3 saturated heterocycles. The molecule has 1 atom stereocenters. The zero-order chi connectivity index (χ0) is 23.3. The Morgan fingerprint density at radius 3 is 2.24 bits per heavy atom. The van der Waals surface area contributed by atoms with E-state index in [1.54, 1.807) is 0 Å². The van der Waals surface area contributed by atoms with Crippen molar-refractivity contribution in [3.05, 3.63) is 0 Å². The third-order valence-corrected chi connectivity index (χ3v) is 9.69. The maximum Gasteiger partial charge on any atom is 0.225 e. The molecule has 5 fully saturated rings. The summed E-state index contributed by atoms with van der Waals surface area (Å²) in [5.74, 6) is 2.27. The van der Waals surface area contributed by atoms with Crippen LogP contribution in [0.1, 0.15) is 77.0 Å². The van der Waals surface area contributed by atoms with Gasteiger partial charge in [0, 0.05) is 51.3 Å². The van der Waals surface area contributed by atoms with Gasteiger partial charge in [-0.05, 0) is 102 Å². The number of hydrogen-bond acceptors (Lipinski definition) is 6. The summed E-state index contributed by atoms with van der Waals surface area (Å²) < 4.78 is 5.54. The van der Waals surface area contributed by atoms with Crippen LogP contribution in [0.15, 0.2) is 0 Å². The molecule has 7 nitrogen and oxygen atoms in total. The zero-order valence-electron chi connectivity index (χ0n) is 21.5. The first-order valence-electron chi connectivity index (χ1n) is 14.5. The number of nitrogens with one attached hydrogen (secondary N) is 3. The van der Waals surface area contributed by atoms with E-state index in [1.165, 1.54) is 64.5 Å². The van der Waals surface area contributed by atoms with Crippen LogP contribution >= 0.6 is 0 Å².